The first-order valence-corrected chi connectivity index (χ1v) is 6.80. The second-order valence-corrected chi connectivity index (χ2v) is 4.84. The molecule has 0 bridgehead atoms. The SMILES string of the molecule is CCC(NC)c1ccc(N(CCO)C2CC2)cn1. The van der Waals surface area contributed by atoms with Gasteiger partial charge in [0.15, 0.2) is 0 Å². The first kappa shape index (κ1) is 13.3. The van der Waals surface area contributed by atoms with Gasteiger partial charge in [-0.3, -0.25) is 4.98 Å². The van der Waals surface area contributed by atoms with E-state index in [-0.39, 0.29) is 6.61 Å². The molecule has 0 radical (unpaired) electrons. The summed E-state index contributed by atoms with van der Waals surface area (Å²) >= 11 is 0. The quantitative estimate of drug-likeness (QED) is 0.772. The molecule has 2 rings (SSSR count). The van der Waals surface area contributed by atoms with E-state index in [0.29, 0.717) is 18.6 Å². The fourth-order valence-corrected chi connectivity index (χ4v) is 2.35. The van der Waals surface area contributed by atoms with Crippen LogP contribution in [0.25, 0.3) is 0 Å². The number of aliphatic hydroxyl groups excluding tert-OH is 1. The van der Waals surface area contributed by atoms with Crippen LogP contribution in [0, 0.1) is 0 Å². The molecule has 4 heteroatoms. The fourth-order valence-electron chi connectivity index (χ4n) is 2.35. The van der Waals surface area contributed by atoms with Crippen LogP contribution in [0.15, 0.2) is 18.3 Å². The van der Waals surface area contributed by atoms with E-state index >= 15 is 0 Å². The highest BCUT2D eigenvalue weighted by Crippen LogP contribution is 2.31. The number of nitrogens with zero attached hydrogens (tertiary/aromatic N) is 2. The van der Waals surface area contributed by atoms with Gasteiger partial charge in [0.1, 0.15) is 0 Å². The predicted molar refractivity (Wildman–Crippen MR) is 73.8 cm³/mol. The highest BCUT2D eigenvalue weighted by atomic mass is 16.3. The van der Waals surface area contributed by atoms with Gasteiger partial charge in [-0.1, -0.05) is 6.92 Å². The Balaban J connectivity index is 2.10. The van der Waals surface area contributed by atoms with Crippen LogP contribution in [0.5, 0.6) is 0 Å². The van der Waals surface area contributed by atoms with E-state index in [1.165, 1.54) is 12.8 Å². The van der Waals surface area contributed by atoms with E-state index in [9.17, 15) is 0 Å². The number of anilines is 1. The lowest BCUT2D eigenvalue weighted by Gasteiger charge is -2.24. The lowest BCUT2D eigenvalue weighted by molar-refractivity contribution is 0.301. The average Bonchev–Trinajstić information content (AvgIpc) is 3.23. The fraction of sp³-hybridized carbons (Fsp3) is 0.643. The van der Waals surface area contributed by atoms with E-state index in [4.69, 9.17) is 5.11 Å². The molecule has 1 aliphatic rings. The van der Waals surface area contributed by atoms with Gasteiger partial charge < -0.3 is 15.3 Å². The van der Waals surface area contributed by atoms with Gasteiger partial charge in [-0.2, -0.15) is 0 Å². The van der Waals surface area contributed by atoms with Gasteiger partial charge in [-0.05, 0) is 38.4 Å². The third-order valence-corrected chi connectivity index (χ3v) is 3.54. The summed E-state index contributed by atoms with van der Waals surface area (Å²) in [5, 5.41) is 12.4. The van der Waals surface area contributed by atoms with Crippen LogP contribution in [0.4, 0.5) is 5.69 Å². The predicted octanol–water partition coefficient (Wildman–Crippen LogP) is 1.71. The lowest BCUT2D eigenvalue weighted by Crippen LogP contribution is -2.29. The summed E-state index contributed by atoms with van der Waals surface area (Å²) in [6, 6.07) is 5.14. The Morgan fingerprint density at radius 2 is 2.28 bits per heavy atom. The number of pyridine rings is 1. The minimum atomic E-state index is 0.201. The topological polar surface area (TPSA) is 48.4 Å². The third kappa shape index (κ3) is 3.00. The molecule has 0 amide bonds. The summed E-state index contributed by atoms with van der Waals surface area (Å²) < 4.78 is 0. The number of rotatable bonds is 7. The average molecular weight is 249 g/mol. The number of hydrogen-bond donors (Lipinski definition) is 2. The van der Waals surface area contributed by atoms with Crippen molar-refractivity contribution in [1.29, 1.82) is 0 Å². The molecular formula is C14H23N3O. The standard InChI is InChI=1S/C14H23N3O/c1-3-13(15-2)14-7-6-12(10-16-14)17(8-9-18)11-4-5-11/h6-7,10-11,13,15,18H,3-5,8-9H2,1-2H3. The van der Waals surface area contributed by atoms with Gasteiger partial charge in [0.2, 0.25) is 0 Å². The molecule has 1 fully saturated rings. The molecule has 0 spiro atoms. The highest BCUT2D eigenvalue weighted by Gasteiger charge is 2.29. The van der Waals surface area contributed by atoms with Crippen LogP contribution < -0.4 is 10.2 Å². The zero-order chi connectivity index (χ0) is 13.0. The van der Waals surface area contributed by atoms with Gasteiger partial charge in [0, 0.05) is 18.6 Å². The summed E-state index contributed by atoms with van der Waals surface area (Å²) in [5.74, 6) is 0. The van der Waals surface area contributed by atoms with Crippen molar-refractivity contribution in [2.45, 2.75) is 38.3 Å². The summed E-state index contributed by atoms with van der Waals surface area (Å²) in [6.07, 6.45) is 5.43. The molecule has 1 unspecified atom stereocenters. The first-order chi connectivity index (χ1) is 8.80. The monoisotopic (exact) mass is 249 g/mol. The van der Waals surface area contributed by atoms with Crippen LogP contribution in [0.3, 0.4) is 0 Å². The van der Waals surface area contributed by atoms with E-state index < -0.39 is 0 Å². The van der Waals surface area contributed by atoms with Crippen LogP contribution in [-0.4, -0.2) is 36.3 Å². The first-order valence-electron chi connectivity index (χ1n) is 6.80. The van der Waals surface area contributed by atoms with E-state index in [2.05, 4.69) is 34.3 Å². The molecule has 0 aliphatic heterocycles. The van der Waals surface area contributed by atoms with Crippen LogP contribution in [0.1, 0.15) is 37.9 Å². The molecule has 2 N–H and O–H groups in total. The van der Waals surface area contributed by atoms with Crippen LogP contribution in [-0.2, 0) is 0 Å². The molecule has 1 saturated carbocycles. The van der Waals surface area contributed by atoms with Crippen molar-refractivity contribution >= 4 is 5.69 Å². The number of hydrogen-bond acceptors (Lipinski definition) is 4. The van der Waals surface area contributed by atoms with Gasteiger partial charge in [0.25, 0.3) is 0 Å². The zero-order valence-electron chi connectivity index (χ0n) is 11.3. The summed E-state index contributed by atoms with van der Waals surface area (Å²) in [5.41, 5.74) is 2.21. The molecule has 1 aromatic heterocycles. The van der Waals surface area contributed by atoms with Crippen molar-refractivity contribution in [1.82, 2.24) is 10.3 Å². The van der Waals surface area contributed by atoms with Crippen molar-refractivity contribution in [2.75, 3.05) is 25.1 Å². The summed E-state index contributed by atoms with van der Waals surface area (Å²) in [6.45, 7) is 3.06. The van der Waals surface area contributed by atoms with Crippen molar-refractivity contribution in [3.05, 3.63) is 24.0 Å². The van der Waals surface area contributed by atoms with E-state index in [1.807, 2.05) is 13.2 Å². The molecule has 1 heterocycles. The molecule has 0 saturated heterocycles. The Labute approximate surface area is 109 Å². The second-order valence-electron chi connectivity index (χ2n) is 4.84. The van der Waals surface area contributed by atoms with Gasteiger partial charge in [0.05, 0.1) is 24.2 Å². The molecular weight excluding hydrogens is 226 g/mol. The van der Waals surface area contributed by atoms with Crippen LogP contribution >= 0.6 is 0 Å². The van der Waals surface area contributed by atoms with Crippen molar-refractivity contribution in [2.24, 2.45) is 0 Å². The number of aromatic nitrogens is 1. The molecule has 18 heavy (non-hydrogen) atoms. The van der Waals surface area contributed by atoms with Gasteiger partial charge in [-0.15, -0.1) is 0 Å². The van der Waals surface area contributed by atoms with Crippen molar-refractivity contribution in [3.8, 4) is 0 Å². The number of aliphatic hydroxyl groups is 1. The Kier molecular flexibility index (Phi) is 4.55. The maximum Gasteiger partial charge on any atom is 0.0606 e. The second kappa shape index (κ2) is 6.16. The maximum absolute atomic E-state index is 9.12. The smallest absolute Gasteiger partial charge is 0.0606 e. The summed E-state index contributed by atoms with van der Waals surface area (Å²) in [7, 11) is 1.96. The minimum Gasteiger partial charge on any atom is -0.395 e. The normalized spacial score (nSPS) is 16.6. The van der Waals surface area contributed by atoms with E-state index in [1.54, 1.807) is 0 Å². The zero-order valence-corrected chi connectivity index (χ0v) is 11.3. The Bertz CT molecular complexity index is 358. The van der Waals surface area contributed by atoms with Gasteiger partial charge >= 0.3 is 0 Å². The lowest BCUT2D eigenvalue weighted by atomic mass is 10.1. The van der Waals surface area contributed by atoms with Gasteiger partial charge in [-0.25, -0.2) is 0 Å². The number of nitrogens with one attached hydrogen (secondary N) is 1. The molecule has 4 nitrogen and oxygen atoms in total. The maximum atomic E-state index is 9.12. The van der Waals surface area contributed by atoms with Crippen molar-refractivity contribution < 1.29 is 5.11 Å². The Morgan fingerprint density at radius 1 is 1.50 bits per heavy atom. The molecule has 1 aromatic rings. The third-order valence-electron chi connectivity index (χ3n) is 3.54. The highest BCUT2D eigenvalue weighted by molar-refractivity contribution is 5.47. The largest absolute Gasteiger partial charge is 0.395 e. The van der Waals surface area contributed by atoms with Crippen molar-refractivity contribution in [3.63, 3.8) is 0 Å². The molecule has 100 valence electrons. The Morgan fingerprint density at radius 3 is 2.72 bits per heavy atom. The molecule has 1 aliphatic carbocycles. The summed E-state index contributed by atoms with van der Waals surface area (Å²) in [4.78, 5) is 6.81. The molecule has 1 atom stereocenters. The van der Waals surface area contributed by atoms with E-state index in [0.717, 1.165) is 17.8 Å². The molecule has 0 aromatic carbocycles. The Hall–Kier alpha value is -1.13. The minimum absolute atomic E-state index is 0.201. The van der Waals surface area contributed by atoms with Crippen LogP contribution in [0.2, 0.25) is 0 Å².